The molecule has 0 aliphatic heterocycles. The second-order valence-electron chi connectivity index (χ2n) is 6.31. The lowest BCUT2D eigenvalue weighted by molar-refractivity contribution is -0.0527. The summed E-state index contributed by atoms with van der Waals surface area (Å²) in [6.07, 6.45) is 5.17. The summed E-state index contributed by atoms with van der Waals surface area (Å²) in [5, 5.41) is 10.7. The van der Waals surface area contributed by atoms with Crippen LogP contribution in [0.15, 0.2) is 30.6 Å². The van der Waals surface area contributed by atoms with Crippen LogP contribution in [0.5, 0.6) is 5.88 Å². The van der Waals surface area contributed by atoms with E-state index in [4.69, 9.17) is 11.6 Å². The molecule has 2 N–H and O–H groups in total. The van der Waals surface area contributed by atoms with Gasteiger partial charge in [0.25, 0.3) is 5.91 Å². The van der Waals surface area contributed by atoms with E-state index >= 15 is 0 Å². The van der Waals surface area contributed by atoms with Crippen molar-refractivity contribution in [3.8, 4) is 5.88 Å². The first-order valence-corrected chi connectivity index (χ1v) is 8.74. The molecule has 140 valence electrons. The molecule has 9 heteroatoms. The summed E-state index contributed by atoms with van der Waals surface area (Å²) in [5.74, 6) is -0.310. The number of amides is 1. The third kappa shape index (κ3) is 3.71. The number of fused-ring (bicyclic) bond motifs is 1. The van der Waals surface area contributed by atoms with Gasteiger partial charge in [-0.15, -0.1) is 0 Å². The Morgan fingerprint density at radius 2 is 2.19 bits per heavy atom. The lowest BCUT2D eigenvalue weighted by Crippen LogP contribution is -2.23. The van der Waals surface area contributed by atoms with Crippen molar-refractivity contribution in [3.63, 3.8) is 0 Å². The van der Waals surface area contributed by atoms with E-state index < -0.39 is 18.4 Å². The van der Waals surface area contributed by atoms with Crippen molar-refractivity contribution in [1.82, 2.24) is 20.5 Å². The van der Waals surface area contributed by atoms with Crippen LogP contribution in [0.4, 0.5) is 8.78 Å². The topological polar surface area (TPSA) is 79.9 Å². The number of carbonyl (C=O) groups is 1. The Bertz CT molecular complexity index is 1000. The zero-order chi connectivity index (χ0) is 19.0. The molecule has 6 nitrogen and oxygen atoms in total. The number of H-pyrrole nitrogens is 1. The summed E-state index contributed by atoms with van der Waals surface area (Å²) >= 11 is 5.86. The van der Waals surface area contributed by atoms with E-state index in [9.17, 15) is 13.6 Å². The number of hydrogen-bond donors (Lipinski definition) is 2. The molecule has 4 rings (SSSR count). The van der Waals surface area contributed by atoms with Crippen LogP contribution < -0.4 is 10.1 Å². The Morgan fingerprint density at radius 3 is 2.89 bits per heavy atom. The number of halogens is 3. The molecule has 0 bridgehead atoms. The Balaban J connectivity index is 1.53. The normalized spacial score (nSPS) is 13.9. The van der Waals surface area contributed by atoms with Crippen LogP contribution in [-0.4, -0.2) is 27.7 Å². The van der Waals surface area contributed by atoms with E-state index in [1.807, 2.05) is 6.07 Å². The van der Waals surface area contributed by atoms with Gasteiger partial charge in [0.15, 0.2) is 0 Å². The average molecular weight is 393 g/mol. The Morgan fingerprint density at radius 1 is 1.37 bits per heavy atom. The van der Waals surface area contributed by atoms with Crippen LogP contribution in [0.1, 0.15) is 40.2 Å². The zero-order valence-corrected chi connectivity index (χ0v) is 14.8. The summed E-state index contributed by atoms with van der Waals surface area (Å²) in [4.78, 5) is 16.1. The molecule has 1 aliphatic rings. The number of carbonyl (C=O) groups excluding carboxylic acids is 1. The number of aromatic nitrogens is 3. The van der Waals surface area contributed by atoms with Crippen molar-refractivity contribution in [2.75, 3.05) is 0 Å². The Labute approximate surface area is 157 Å². The number of nitrogens with one attached hydrogen (secondary N) is 2. The molecular formula is C18H15ClF2N4O2. The molecule has 0 unspecified atom stereocenters. The summed E-state index contributed by atoms with van der Waals surface area (Å²) < 4.78 is 28.7. The van der Waals surface area contributed by atoms with Gasteiger partial charge < -0.3 is 10.1 Å². The quantitative estimate of drug-likeness (QED) is 0.664. The van der Waals surface area contributed by atoms with Gasteiger partial charge in [0.05, 0.1) is 17.3 Å². The highest BCUT2D eigenvalue weighted by molar-refractivity contribution is 6.32. The zero-order valence-electron chi connectivity index (χ0n) is 14.0. The number of benzene rings is 1. The molecule has 1 amide bonds. The molecule has 1 aromatic carbocycles. The van der Waals surface area contributed by atoms with Crippen LogP contribution in [0.25, 0.3) is 10.9 Å². The smallest absolute Gasteiger partial charge is 0.388 e. The highest BCUT2D eigenvalue weighted by Crippen LogP contribution is 2.43. The molecule has 0 saturated heterocycles. The Hall–Kier alpha value is -2.74. The summed E-state index contributed by atoms with van der Waals surface area (Å²) in [6.45, 7) is -2.72. The maximum atomic E-state index is 12.5. The predicted molar refractivity (Wildman–Crippen MR) is 95.1 cm³/mol. The Kier molecular flexibility index (Phi) is 4.65. The van der Waals surface area contributed by atoms with E-state index in [-0.39, 0.29) is 10.6 Å². The fourth-order valence-corrected chi connectivity index (χ4v) is 3.27. The summed E-state index contributed by atoms with van der Waals surface area (Å²) in [7, 11) is 0. The van der Waals surface area contributed by atoms with Crippen molar-refractivity contribution in [1.29, 1.82) is 0 Å². The van der Waals surface area contributed by atoms with Gasteiger partial charge in [0.1, 0.15) is 5.02 Å². The number of rotatable bonds is 6. The van der Waals surface area contributed by atoms with Crippen LogP contribution in [0.2, 0.25) is 5.02 Å². The summed E-state index contributed by atoms with van der Waals surface area (Å²) in [6, 6.07) is 5.31. The molecule has 3 aromatic rings. The number of alkyl halides is 2. The van der Waals surface area contributed by atoms with Gasteiger partial charge in [-0.1, -0.05) is 17.7 Å². The number of aromatic amines is 1. The van der Waals surface area contributed by atoms with Crippen molar-refractivity contribution in [2.45, 2.75) is 31.9 Å². The number of nitrogens with zero attached hydrogens (tertiary/aromatic N) is 2. The molecule has 27 heavy (non-hydrogen) atoms. The van der Waals surface area contributed by atoms with E-state index in [1.165, 1.54) is 11.6 Å². The predicted octanol–water partition coefficient (Wildman–Crippen LogP) is 4.02. The number of pyridine rings is 1. The monoisotopic (exact) mass is 392 g/mol. The lowest BCUT2D eigenvalue weighted by Gasteiger charge is -2.12. The van der Waals surface area contributed by atoms with E-state index in [0.29, 0.717) is 12.5 Å². The first-order chi connectivity index (χ1) is 13.0. The molecule has 1 fully saturated rings. The highest BCUT2D eigenvalue weighted by atomic mass is 35.5. The summed E-state index contributed by atoms with van der Waals surface area (Å²) in [5.41, 5.74) is 3.30. The molecule has 2 aromatic heterocycles. The molecule has 0 atom stereocenters. The number of hydrogen-bond acceptors (Lipinski definition) is 4. The van der Waals surface area contributed by atoms with Gasteiger partial charge in [-0.2, -0.15) is 13.9 Å². The SMILES string of the molecule is O=C(NCc1c(C2CC2)ccc2[nH]ncc12)c1cnc(OC(F)F)c(Cl)c1. The van der Waals surface area contributed by atoms with Crippen LogP contribution in [0.3, 0.4) is 0 Å². The van der Waals surface area contributed by atoms with E-state index in [1.54, 1.807) is 6.20 Å². The third-order valence-corrected chi connectivity index (χ3v) is 4.76. The maximum Gasteiger partial charge on any atom is 0.388 e. The maximum absolute atomic E-state index is 12.5. The van der Waals surface area contributed by atoms with Crippen LogP contribution in [0, 0.1) is 0 Å². The molecule has 0 radical (unpaired) electrons. The van der Waals surface area contributed by atoms with Gasteiger partial charge >= 0.3 is 6.61 Å². The van der Waals surface area contributed by atoms with Gasteiger partial charge in [0.2, 0.25) is 5.88 Å². The average Bonchev–Trinajstić information content (AvgIpc) is 3.37. The molecular weight excluding hydrogens is 378 g/mol. The molecule has 2 heterocycles. The molecule has 1 saturated carbocycles. The van der Waals surface area contributed by atoms with Gasteiger partial charge in [-0.05, 0) is 42.0 Å². The van der Waals surface area contributed by atoms with Crippen molar-refractivity contribution < 1.29 is 18.3 Å². The van der Waals surface area contributed by atoms with E-state index in [2.05, 4.69) is 31.3 Å². The minimum atomic E-state index is -3.04. The third-order valence-electron chi connectivity index (χ3n) is 4.49. The first-order valence-electron chi connectivity index (χ1n) is 8.36. The highest BCUT2D eigenvalue weighted by Gasteiger charge is 2.27. The van der Waals surface area contributed by atoms with Gasteiger partial charge in [-0.3, -0.25) is 9.89 Å². The fourth-order valence-electron chi connectivity index (χ4n) is 3.06. The fraction of sp³-hybridized carbons (Fsp3) is 0.278. The first kappa shape index (κ1) is 17.7. The molecule has 1 aliphatic carbocycles. The van der Waals surface area contributed by atoms with Crippen molar-refractivity contribution in [3.05, 3.63) is 52.3 Å². The van der Waals surface area contributed by atoms with Crippen molar-refractivity contribution >= 4 is 28.4 Å². The lowest BCUT2D eigenvalue weighted by atomic mass is 9.99. The minimum Gasteiger partial charge on any atom is -0.415 e. The largest absolute Gasteiger partial charge is 0.415 e. The second-order valence-corrected chi connectivity index (χ2v) is 6.72. The van der Waals surface area contributed by atoms with Crippen LogP contribution >= 0.6 is 11.6 Å². The molecule has 0 spiro atoms. The van der Waals surface area contributed by atoms with Gasteiger partial charge in [0, 0.05) is 18.1 Å². The second kappa shape index (κ2) is 7.11. The van der Waals surface area contributed by atoms with E-state index in [0.717, 1.165) is 35.5 Å². The number of ether oxygens (including phenoxy) is 1. The standard InChI is InChI=1S/C18H15ClF2N4O2/c19-14-5-10(6-23-17(14)27-18(20)21)16(26)22-7-12-11(9-1-2-9)3-4-15-13(12)8-24-25-15/h3-6,8-9,18H,1-2,7H2,(H,22,26)(H,24,25). The van der Waals surface area contributed by atoms with Crippen molar-refractivity contribution in [2.24, 2.45) is 0 Å². The van der Waals surface area contributed by atoms with Crippen LogP contribution in [-0.2, 0) is 6.54 Å². The van der Waals surface area contributed by atoms with Gasteiger partial charge in [-0.25, -0.2) is 4.98 Å². The minimum absolute atomic E-state index is 0.154.